The Balaban J connectivity index is 1.67. The van der Waals surface area contributed by atoms with Gasteiger partial charge in [0.15, 0.2) is 5.82 Å². The van der Waals surface area contributed by atoms with Crippen LogP contribution in [0.25, 0.3) is 0 Å². The topological polar surface area (TPSA) is 121 Å². The Labute approximate surface area is 156 Å². The molecule has 0 bridgehead atoms. The number of nitrogens with one attached hydrogen (secondary N) is 3. The van der Waals surface area contributed by atoms with E-state index >= 15 is 0 Å². The molecule has 0 spiro atoms. The molecule has 27 heavy (non-hydrogen) atoms. The Hall–Kier alpha value is -3.22. The fraction of sp³-hybridized carbons (Fsp3) is 0.333. The zero-order valence-electron chi connectivity index (χ0n) is 14.9. The highest BCUT2D eigenvalue weighted by molar-refractivity contribution is 6.00. The Kier molecular flexibility index (Phi) is 6.14. The highest BCUT2D eigenvalue weighted by atomic mass is 16.5. The Morgan fingerprint density at radius 3 is 3.00 bits per heavy atom. The number of amides is 2. The summed E-state index contributed by atoms with van der Waals surface area (Å²) in [5.41, 5.74) is 1.54. The van der Waals surface area contributed by atoms with Crippen LogP contribution in [0.2, 0.25) is 0 Å². The summed E-state index contributed by atoms with van der Waals surface area (Å²) in [5.74, 6) is 0.770. The highest BCUT2D eigenvalue weighted by Crippen LogP contribution is 2.26. The molecule has 1 fully saturated rings. The van der Waals surface area contributed by atoms with Crippen LogP contribution in [-0.2, 0) is 4.74 Å². The first-order chi connectivity index (χ1) is 13.1. The van der Waals surface area contributed by atoms with Gasteiger partial charge in [0.25, 0.3) is 0 Å². The zero-order chi connectivity index (χ0) is 19.1. The predicted octanol–water partition coefficient (Wildman–Crippen LogP) is 1.67. The predicted molar refractivity (Wildman–Crippen MR) is 98.7 cm³/mol. The lowest BCUT2D eigenvalue weighted by Gasteiger charge is -2.24. The second-order valence-electron chi connectivity index (χ2n) is 5.95. The number of nitriles is 1. The van der Waals surface area contributed by atoms with Crippen molar-refractivity contribution in [3.8, 4) is 11.8 Å². The van der Waals surface area contributed by atoms with Crippen LogP contribution in [0.15, 0.2) is 30.6 Å². The van der Waals surface area contributed by atoms with Crippen molar-refractivity contribution in [2.75, 3.05) is 36.9 Å². The van der Waals surface area contributed by atoms with E-state index in [4.69, 9.17) is 14.7 Å². The summed E-state index contributed by atoms with van der Waals surface area (Å²) in [4.78, 5) is 20.4. The van der Waals surface area contributed by atoms with Crippen molar-refractivity contribution < 1.29 is 14.3 Å². The van der Waals surface area contributed by atoms with Crippen molar-refractivity contribution in [3.63, 3.8) is 0 Å². The van der Waals surface area contributed by atoms with E-state index in [2.05, 4.69) is 25.9 Å². The monoisotopic (exact) mass is 368 g/mol. The molecule has 2 aromatic rings. The lowest BCUT2D eigenvalue weighted by Crippen LogP contribution is -2.41. The molecule has 1 aromatic heterocycles. The molecule has 0 radical (unpaired) electrons. The molecular formula is C18H20N6O3. The molecule has 1 unspecified atom stereocenters. The Morgan fingerprint density at radius 2 is 2.30 bits per heavy atom. The molecule has 140 valence electrons. The number of rotatable bonds is 5. The van der Waals surface area contributed by atoms with Gasteiger partial charge < -0.3 is 20.1 Å². The lowest BCUT2D eigenvalue weighted by molar-refractivity contribution is 0.000350. The third-order valence-corrected chi connectivity index (χ3v) is 3.81. The first kappa shape index (κ1) is 18.6. The van der Waals surface area contributed by atoms with E-state index < -0.39 is 6.03 Å². The number of carbonyl (C=O) groups is 1. The summed E-state index contributed by atoms with van der Waals surface area (Å²) in [6.45, 7) is 4.29. The number of hydrogen-bond acceptors (Lipinski definition) is 7. The SMILES string of the molecule is Cc1cnc(NC(=O)Nc2cc(C#N)ccc2OCC2CNCCO2)cn1. The van der Waals surface area contributed by atoms with Crippen LogP contribution in [-0.4, -0.2) is 48.4 Å². The van der Waals surface area contributed by atoms with Gasteiger partial charge in [0, 0.05) is 13.1 Å². The van der Waals surface area contributed by atoms with Crippen LogP contribution >= 0.6 is 0 Å². The number of aryl methyl sites for hydroxylation is 1. The van der Waals surface area contributed by atoms with Crippen molar-refractivity contribution in [2.24, 2.45) is 0 Å². The van der Waals surface area contributed by atoms with Crippen molar-refractivity contribution in [2.45, 2.75) is 13.0 Å². The van der Waals surface area contributed by atoms with Crippen molar-refractivity contribution in [1.82, 2.24) is 15.3 Å². The van der Waals surface area contributed by atoms with E-state index in [1.807, 2.05) is 6.07 Å². The number of morpholine rings is 1. The number of carbonyl (C=O) groups excluding carboxylic acids is 1. The maximum absolute atomic E-state index is 12.3. The quantitative estimate of drug-likeness (QED) is 0.734. The molecule has 1 aliphatic rings. The molecule has 0 saturated carbocycles. The number of ether oxygens (including phenoxy) is 2. The zero-order valence-corrected chi connectivity index (χ0v) is 14.9. The molecule has 0 aliphatic carbocycles. The van der Waals surface area contributed by atoms with Crippen molar-refractivity contribution >= 4 is 17.5 Å². The van der Waals surface area contributed by atoms with Crippen molar-refractivity contribution in [3.05, 3.63) is 41.9 Å². The van der Waals surface area contributed by atoms with Crippen LogP contribution in [0, 0.1) is 18.3 Å². The summed E-state index contributed by atoms with van der Waals surface area (Å²) >= 11 is 0. The molecule has 3 rings (SSSR count). The van der Waals surface area contributed by atoms with Crippen LogP contribution in [0.1, 0.15) is 11.3 Å². The Bertz CT molecular complexity index is 828. The molecular weight excluding hydrogens is 348 g/mol. The standard InChI is InChI=1S/C18H20N6O3/c1-12-8-22-17(10-21-12)24-18(25)23-15-6-13(7-19)2-3-16(15)27-11-14-9-20-4-5-26-14/h2-3,6,8,10,14,20H,4-5,9,11H2,1H3,(H2,22,23,24,25). The van der Waals surface area contributed by atoms with Gasteiger partial charge in [-0.05, 0) is 25.1 Å². The van der Waals surface area contributed by atoms with Gasteiger partial charge in [-0.1, -0.05) is 0 Å². The third-order valence-electron chi connectivity index (χ3n) is 3.81. The molecule has 1 aliphatic heterocycles. The summed E-state index contributed by atoms with van der Waals surface area (Å²) in [6.07, 6.45) is 2.95. The van der Waals surface area contributed by atoms with E-state index in [9.17, 15) is 4.79 Å². The average molecular weight is 368 g/mol. The van der Waals surface area contributed by atoms with Gasteiger partial charge in [-0.25, -0.2) is 9.78 Å². The van der Waals surface area contributed by atoms with Crippen molar-refractivity contribution in [1.29, 1.82) is 5.26 Å². The maximum atomic E-state index is 12.3. The minimum atomic E-state index is -0.510. The van der Waals surface area contributed by atoms with Gasteiger partial charge in [0.1, 0.15) is 18.5 Å². The molecule has 9 nitrogen and oxygen atoms in total. The lowest BCUT2D eigenvalue weighted by atomic mass is 10.2. The second kappa shape index (κ2) is 8.93. The van der Waals surface area contributed by atoms with Gasteiger partial charge in [0.05, 0.1) is 42.0 Å². The van der Waals surface area contributed by atoms with E-state index in [1.165, 1.54) is 6.20 Å². The smallest absolute Gasteiger partial charge is 0.325 e. The van der Waals surface area contributed by atoms with Crippen LogP contribution in [0.5, 0.6) is 5.75 Å². The first-order valence-corrected chi connectivity index (χ1v) is 8.50. The summed E-state index contributed by atoms with van der Waals surface area (Å²) in [5, 5.41) is 17.6. The van der Waals surface area contributed by atoms with Crippen LogP contribution in [0.3, 0.4) is 0 Å². The van der Waals surface area contributed by atoms with E-state index in [-0.39, 0.29) is 6.10 Å². The van der Waals surface area contributed by atoms with Crippen LogP contribution < -0.4 is 20.7 Å². The fourth-order valence-corrected chi connectivity index (χ4v) is 2.46. The number of urea groups is 1. The largest absolute Gasteiger partial charge is 0.489 e. The van der Waals surface area contributed by atoms with E-state index in [0.29, 0.717) is 42.6 Å². The summed E-state index contributed by atoms with van der Waals surface area (Å²) < 4.78 is 11.4. The van der Waals surface area contributed by atoms with Gasteiger partial charge >= 0.3 is 6.03 Å². The van der Waals surface area contributed by atoms with Gasteiger partial charge in [-0.15, -0.1) is 0 Å². The molecule has 2 amide bonds. The number of hydrogen-bond donors (Lipinski definition) is 3. The summed E-state index contributed by atoms with van der Waals surface area (Å²) in [7, 11) is 0. The normalized spacial score (nSPS) is 16.2. The number of anilines is 2. The van der Waals surface area contributed by atoms with Crippen LogP contribution in [0.4, 0.5) is 16.3 Å². The highest BCUT2D eigenvalue weighted by Gasteiger charge is 2.16. The van der Waals surface area contributed by atoms with Gasteiger partial charge in [0.2, 0.25) is 0 Å². The maximum Gasteiger partial charge on any atom is 0.325 e. The molecule has 2 heterocycles. The molecule has 3 N–H and O–H groups in total. The molecule has 1 aromatic carbocycles. The summed E-state index contributed by atoms with van der Waals surface area (Å²) in [6, 6.07) is 6.36. The van der Waals surface area contributed by atoms with E-state index in [0.717, 1.165) is 12.2 Å². The minimum absolute atomic E-state index is 0.0705. The minimum Gasteiger partial charge on any atom is -0.489 e. The Morgan fingerprint density at radius 1 is 1.41 bits per heavy atom. The molecule has 1 atom stereocenters. The number of benzene rings is 1. The molecule has 1 saturated heterocycles. The fourth-order valence-electron chi connectivity index (χ4n) is 2.46. The number of aromatic nitrogens is 2. The number of nitrogens with zero attached hydrogens (tertiary/aromatic N) is 3. The third kappa shape index (κ3) is 5.37. The van der Waals surface area contributed by atoms with Gasteiger partial charge in [-0.3, -0.25) is 10.3 Å². The molecule has 9 heteroatoms. The second-order valence-corrected chi connectivity index (χ2v) is 5.95. The average Bonchev–Trinajstić information content (AvgIpc) is 2.69. The first-order valence-electron chi connectivity index (χ1n) is 8.50. The van der Waals surface area contributed by atoms with E-state index in [1.54, 1.807) is 31.3 Å². The van der Waals surface area contributed by atoms with Gasteiger partial charge in [-0.2, -0.15) is 5.26 Å².